The molecule has 0 radical (unpaired) electrons. The van der Waals surface area contributed by atoms with Crippen LogP contribution in [0.3, 0.4) is 0 Å². The molecule has 0 bridgehead atoms. The molecule has 0 heterocycles. The van der Waals surface area contributed by atoms with Crippen molar-refractivity contribution in [3.8, 4) is 0 Å². The van der Waals surface area contributed by atoms with Gasteiger partial charge in [-0.2, -0.15) is 0 Å². The van der Waals surface area contributed by atoms with E-state index in [1.807, 2.05) is 25.4 Å². The average molecular weight is 317 g/mol. The van der Waals surface area contributed by atoms with Gasteiger partial charge in [-0.05, 0) is 51.2 Å². The Morgan fingerprint density at radius 3 is 2.39 bits per heavy atom. The predicted octanol–water partition coefficient (Wildman–Crippen LogP) is 6.47. The van der Waals surface area contributed by atoms with Gasteiger partial charge in [-0.15, -0.1) is 0 Å². The molecule has 0 aromatic carbocycles. The van der Waals surface area contributed by atoms with E-state index in [0.717, 1.165) is 37.0 Å². The zero-order chi connectivity index (χ0) is 17.5. The fourth-order valence-electron chi connectivity index (χ4n) is 2.32. The molecule has 0 fully saturated rings. The molecule has 0 aliphatic carbocycles. The molecule has 2 heteroatoms. The van der Waals surface area contributed by atoms with Crippen molar-refractivity contribution in [2.24, 2.45) is 10.7 Å². The molecule has 0 spiro atoms. The van der Waals surface area contributed by atoms with E-state index in [4.69, 9.17) is 5.73 Å². The van der Waals surface area contributed by atoms with Gasteiger partial charge in [-0.25, -0.2) is 0 Å². The van der Waals surface area contributed by atoms with Crippen LogP contribution >= 0.6 is 0 Å². The summed E-state index contributed by atoms with van der Waals surface area (Å²) in [6.45, 7) is 10.7. The van der Waals surface area contributed by atoms with Crippen LogP contribution < -0.4 is 5.73 Å². The van der Waals surface area contributed by atoms with E-state index in [0.29, 0.717) is 0 Å². The van der Waals surface area contributed by atoms with Crippen LogP contribution in [0.1, 0.15) is 79.6 Å². The molecule has 0 amide bonds. The van der Waals surface area contributed by atoms with Crippen molar-refractivity contribution in [3.05, 3.63) is 46.8 Å². The number of rotatable bonds is 11. The van der Waals surface area contributed by atoms with Gasteiger partial charge in [-0.3, -0.25) is 4.99 Å². The highest BCUT2D eigenvalue weighted by Gasteiger charge is 2.05. The molecule has 23 heavy (non-hydrogen) atoms. The van der Waals surface area contributed by atoms with Crippen molar-refractivity contribution in [2.75, 3.05) is 0 Å². The standard InChI is InChI=1S/C21H36N2/c1-6-10-12-14-18(5)16-20(19(8-3)17-23-9-4)21(22)15-13-11-7-2/h9,13,15-17H,6-8,10-12,14,22H2,1-5H3/b15-13+,18-16+,19-17+,21-20-,23-9?. The van der Waals surface area contributed by atoms with E-state index in [9.17, 15) is 0 Å². The first kappa shape index (κ1) is 21.4. The van der Waals surface area contributed by atoms with Crippen LogP contribution in [0.4, 0.5) is 0 Å². The van der Waals surface area contributed by atoms with E-state index < -0.39 is 0 Å². The highest BCUT2D eigenvalue weighted by atomic mass is 14.7. The summed E-state index contributed by atoms with van der Waals surface area (Å²) in [4.78, 5) is 4.30. The van der Waals surface area contributed by atoms with Gasteiger partial charge < -0.3 is 5.73 Å². The van der Waals surface area contributed by atoms with E-state index in [1.54, 1.807) is 0 Å². The monoisotopic (exact) mass is 316 g/mol. The van der Waals surface area contributed by atoms with Crippen molar-refractivity contribution in [1.29, 1.82) is 0 Å². The molecule has 0 aromatic rings. The molecule has 0 aromatic heterocycles. The zero-order valence-electron chi connectivity index (χ0n) is 15.9. The fraction of sp³-hybridized carbons (Fsp3) is 0.571. The summed E-state index contributed by atoms with van der Waals surface area (Å²) in [6.07, 6.45) is 18.3. The maximum Gasteiger partial charge on any atom is 0.0387 e. The summed E-state index contributed by atoms with van der Waals surface area (Å²) in [5.74, 6) is 0. The van der Waals surface area contributed by atoms with Gasteiger partial charge in [0.25, 0.3) is 0 Å². The molecule has 0 saturated heterocycles. The SMILES string of the molecule is CC=N/C=C(CC)/C(/C=C(\C)CCCCC)=C(N)/C=C/CCC. The van der Waals surface area contributed by atoms with E-state index in [-0.39, 0.29) is 0 Å². The second-order valence-electron chi connectivity index (χ2n) is 5.92. The Morgan fingerprint density at radius 1 is 1.09 bits per heavy atom. The van der Waals surface area contributed by atoms with Crippen LogP contribution in [-0.2, 0) is 0 Å². The van der Waals surface area contributed by atoms with Crippen molar-refractivity contribution in [3.63, 3.8) is 0 Å². The molecule has 130 valence electrons. The van der Waals surface area contributed by atoms with Crippen molar-refractivity contribution < 1.29 is 0 Å². The maximum absolute atomic E-state index is 6.37. The molecule has 2 N–H and O–H groups in total. The Kier molecular flexibility index (Phi) is 13.1. The van der Waals surface area contributed by atoms with Crippen molar-refractivity contribution >= 4 is 6.21 Å². The first-order valence-corrected chi connectivity index (χ1v) is 9.11. The molecule has 0 rings (SSSR count). The van der Waals surface area contributed by atoms with Crippen molar-refractivity contribution in [1.82, 2.24) is 0 Å². The lowest BCUT2D eigenvalue weighted by Crippen LogP contribution is -2.02. The van der Waals surface area contributed by atoms with Gasteiger partial charge in [0.2, 0.25) is 0 Å². The third kappa shape index (κ3) is 9.93. The van der Waals surface area contributed by atoms with Crippen molar-refractivity contribution in [2.45, 2.75) is 79.6 Å². The number of allylic oxidation sites excluding steroid dienone is 6. The summed E-state index contributed by atoms with van der Waals surface area (Å²) in [6, 6.07) is 0. The lowest BCUT2D eigenvalue weighted by atomic mass is 9.97. The van der Waals surface area contributed by atoms with Gasteiger partial charge >= 0.3 is 0 Å². The summed E-state index contributed by atoms with van der Waals surface area (Å²) >= 11 is 0. The van der Waals surface area contributed by atoms with Crippen LogP contribution in [0, 0.1) is 0 Å². The van der Waals surface area contributed by atoms with Gasteiger partial charge in [0, 0.05) is 23.7 Å². The number of aliphatic imine (C=N–C) groups is 1. The molecule has 0 atom stereocenters. The Labute approximate surface area is 144 Å². The zero-order valence-corrected chi connectivity index (χ0v) is 15.9. The second-order valence-corrected chi connectivity index (χ2v) is 5.92. The Morgan fingerprint density at radius 2 is 1.83 bits per heavy atom. The average Bonchev–Trinajstić information content (AvgIpc) is 2.54. The number of nitrogens with zero attached hydrogens (tertiary/aromatic N) is 1. The molecule has 2 nitrogen and oxygen atoms in total. The Balaban J connectivity index is 5.52. The van der Waals surface area contributed by atoms with Crippen LogP contribution in [0.2, 0.25) is 0 Å². The summed E-state index contributed by atoms with van der Waals surface area (Å²) in [5.41, 5.74) is 10.9. The number of hydrogen-bond donors (Lipinski definition) is 1. The van der Waals surface area contributed by atoms with Gasteiger partial charge in [0.15, 0.2) is 0 Å². The molecule has 0 aliphatic heterocycles. The first-order valence-electron chi connectivity index (χ1n) is 9.11. The van der Waals surface area contributed by atoms with Gasteiger partial charge in [0.1, 0.15) is 0 Å². The lowest BCUT2D eigenvalue weighted by Gasteiger charge is -2.11. The van der Waals surface area contributed by atoms with E-state index in [1.165, 1.54) is 30.4 Å². The first-order chi connectivity index (χ1) is 11.1. The summed E-state index contributed by atoms with van der Waals surface area (Å²) in [7, 11) is 0. The van der Waals surface area contributed by atoms with Crippen LogP contribution in [0.15, 0.2) is 51.8 Å². The van der Waals surface area contributed by atoms with E-state index in [2.05, 4.69) is 44.8 Å². The molecular formula is C21H36N2. The van der Waals surface area contributed by atoms with Crippen LogP contribution in [-0.4, -0.2) is 6.21 Å². The van der Waals surface area contributed by atoms with Gasteiger partial charge in [-0.1, -0.05) is 57.8 Å². The quantitative estimate of drug-likeness (QED) is 0.265. The summed E-state index contributed by atoms with van der Waals surface area (Å²) < 4.78 is 0. The lowest BCUT2D eigenvalue weighted by molar-refractivity contribution is 0.713. The fourth-order valence-corrected chi connectivity index (χ4v) is 2.32. The van der Waals surface area contributed by atoms with Crippen LogP contribution in [0.5, 0.6) is 0 Å². The minimum atomic E-state index is 0.840. The third-order valence-electron chi connectivity index (χ3n) is 3.74. The minimum absolute atomic E-state index is 0.840. The highest BCUT2D eigenvalue weighted by molar-refractivity contribution is 5.55. The largest absolute Gasteiger partial charge is 0.398 e. The Hall–Kier alpha value is -1.57. The second kappa shape index (κ2) is 14.0. The Bertz CT molecular complexity index is 462. The number of unbranched alkanes of at least 4 members (excludes halogenated alkanes) is 3. The topological polar surface area (TPSA) is 38.4 Å². The minimum Gasteiger partial charge on any atom is -0.398 e. The van der Waals surface area contributed by atoms with E-state index >= 15 is 0 Å². The molecule has 0 aliphatic rings. The maximum atomic E-state index is 6.37. The molecular weight excluding hydrogens is 280 g/mol. The molecule has 0 unspecified atom stereocenters. The predicted molar refractivity (Wildman–Crippen MR) is 106 cm³/mol. The normalized spacial score (nSPS) is 14.8. The summed E-state index contributed by atoms with van der Waals surface area (Å²) in [5, 5.41) is 0. The van der Waals surface area contributed by atoms with Crippen LogP contribution in [0.25, 0.3) is 0 Å². The third-order valence-corrected chi connectivity index (χ3v) is 3.74. The molecule has 0 saturated carbocycles. The number of nitrogens with two attached hydrogens (primary N) is 1. The smallest absolute Gasteiger partial charge is 0.0387 e. The number of hydrogen-bond acceptors (Lipinski definition) is 2. The highest BCUT2D eigenvalue weighted by Crippen LogP contribution is 2.22. The van der Waals surface area contributed by atoms with Gasteiger partial charge in [0.05, 0.1) is 0 Å².